The zero-order valence-electron chi connectivity index (χ0n) is 14.6. The van der Waals surface area contributed by atoms with E-state index in [-0.39, 0.29) is 10.8 Å². The molecule has 1 aromatic carbocycles. The Labute approximate surface area is 149 Å². The molecule has 3 nitrogen and oxygen atoms in total. The molecule has 5 heteroatoms. The molecule has 0 aromatic heterocycles. The van der Waals surface area contributed by atoms with Crippen molar-refractivity contribution in [1.29, 1.82) is 0 Å². The Hall–Kier alpha value is -0.840. The quantitative estimate of drug-likeness (QED) is 0.891. The van der Waals surface area contributed by atoms with Gasteiger partial charge in [0.05, 0.1) is 10.7 Å². The van der Waals surface area contributed by atoms with E-state index in [4.69, 9.17) is 17.3 Å². The summed E-state index contributed by atoms with van der Waals surface area (Å²) in [4.78, 5) is 4.78. The van der Waals surface area contributed by atoms with Gasteiger partial charge in [0.25, 0.3) is 0 Å². The summed E-state index contributed by atoms with van der Waals surface area (Å²) in [5.74, 6) is 0.509. The minimum absolute atomic E-state index is 0.247. The van der Waals surface area contributed by atoms with Crippen molar-refractivity contribution >= 4 is 17.3 Å². The van der Waals surface area contributed by atoms with Gasteiger partial charge in [0.1, 0.15) is 5.82 Å². The molecule has 1 saturated heterocycles. The van der Waals surface area contributed by atoms with E-state index in [1.54, 1.807) is 6.07 Å². The molecule has 1 atom stereocenters. The molecule has 0 spiro atoms. The van der Waals surface area contributed by atoms with Crippen molar-refractivity contribution in [3.05, 3.63) is 29.0 Å². The Bertz CT molecular complexity index is 545. The average molecular weight is 354 g/mol. The van der Waals surface area contributed by atoms with Crippen LogP contribution in [0.15, 0.2) is 18.2 Å². The fraction of sp³-hybridized carbons (Fsp3) is 0.684. The number of piperazine rings is 1. The zero-order valence-corrected chi connectivity index (χ0v) is 15.3. The first kappa shape index (κ1) is 18.0. The molecule has 1 unspecified atom stereocenters. The highest BCUT2D eigenvalue weighted by Gasteiger charge is 2.27. The Morgan fingerprint density at radius 3 is 2.67 bits per heavy atom. The summed E-state index contributed by atoms with van der Waals surface area (Å²) in [6.07, 6.45) is 6.23. The first-order valence-corrected chi connectivity index (χ1v) is 9.61. The first-order chi connectivity index (χ1) is 11.5. The van der Waals surface area contributed by atoms with Crippen LogP contribution in [-0.2, 0) is 0 Å². The molecule has 24 heavy (non-hydrogen) atoms. The van der Waals surface area contributed by atoms with Gasteiger partial charge >= 0.3 is 0 Å². The lowest BCUT2D eigenvalue weighted by Crippen LogP contribution is -2.52. The molecule has 1 aliphatic carbocycles. The summed E-state index contributed by atoms with van der Waals surface area (Å²) in [6.45, 7) is 6.30. The molecular formula is C19H29ClFN3. The van der Waals surface area contributed by atoms with Gasteiger partial charge in [0.15, 0.2) is 0 Å². The maximum absolute atomic E-state index is 13.7. The molecule has 1 saturated carbocycles. The molecule has 3 rings (SSSR count). The van der Waals surface area contributed by atoms with Gasteiger partial charge in [-0.25, -0.2) is 4.39 Å². The lowest BCUT2D eigenvalue weighted by molar-refractivity contribution is 0.198. The molecule has 1 heterocycles. The molecule has 0 radical (unpaired) electrons. The number of nitrogens with two attached hydrogens (primary N) is 1. The molecule has 2 fully saturated rings. The third-order valence-corrected chi connectivity index (χ3v) is 6.07. The zero-order chi connectivity index (χ0) is 17.1. The number of halogens is 2. The molecule has 2 N–H and O–H groups in total. The lowest BCUT2D eigenvalue weighted by Gasteiger charge is -2.42. The van der Waals surface area contributed by atoms with Gasteiger partial charge in [-0.3, -0.25) is 4.90 Å². The van der Waals surface area contributed by atoms with Gasteiger partial charge in [0.2, 0.25) is 0 Å². The summed E-state index contributed by atoms with van der Waals surface area (Å²) in [5, 5.41) is 0.247. The Kier molecular flexibility index (Phi) is 6.01. The van der Waals surface area contributed by atoms with Crippen molar-refractivity contribution in [2.24, 2.45) is 11.7 Å². The molecule has 134 valence electrons. The van der Waals surface area contributed by atoms with Gasteiger partial charge in [-0.2, -0.15) is 0 Å². The van der Waals surface area contributed by atoms with E-state index in [2.05, 4.69) is 16.7 Å². The SMILES string of the molecule is CC1CN(CCC2CCC(N)CC2)CCN1c1cccc(F)c1Cl. The highest BCUT2D eigenvalue weighted by atomic mass is 35.5. The molecular weight excluding hydrogens is 325 g/mol. The van der Waals surface area contributed by atoms with Crippen molar-refractivity contribution in [2.75, 3.05) is 31.1 Å². The summed E-state index contributed by atoms with van der Waals surface area (Å²) in [5.41, 5.74) is 6.82. The second kappa shape index (κ2) is 8.03. The van der Waals surface area contributed by atoms with Crippen molar-refractivity contribution in [2.45, 2.75) is 51.1 Å². The van der Waals surface area contributed by atoms with E-state index in [9.17, 15) is 4.39 Å². The predicted molar refractivity (Wildman–Crippen MR) is 99.2 cm³/mol. The van der Waals surface area contributed by atoms with E-state index in [0.717, 1.165) is 37.8 Å². The third kappa shape index (κ3) is 4.22. The standard InChI is InChI=1S/C19H29ClFN3/c1-14-13-23(10-9-15-5-7-16(22)8-6-15)11-12-24(14)18-4-2-3-17(21)19(18)20/h2-4,14-16H,5-13,22H2,1H3. The lowest BCUT2D eigenvalue weighted by atomic mass is 9.84. The van der Waals surface area contributed by atoms with Crippen LogP contribution >= 0.6 is 11.6 Å². The van der Waals surface area contributed by atoms with E-state index in [1.165, 1.54) is 38.2 Å². The van der Waals surface area contributed by atoms with Crippen LogP contribution in [0.1, 0.15) is 39.0 Å². The molecule has 0 amide bonds. The summed E-state index contributed by atoms with van der Waals surface area (Å²) in [6, 6.07) is 5.85. The maximum Gasteiger partial charge on any atom is 0.143 e. The van der Waals surface area contributed by atoms with Gasteiger partial charge in [-0.15, -0.1) is 0 Å². The fourth-order valence-corrected chi connectivity index (χ4v) is 4.38. The smallest absolute Gasteiger partial charge is 0.143 e. The monoisotopic (exact) mass is 353 g/mol. The number of hydrogen-bond acceptors (Lipinski definition) is 3. The largest absolute Gasteiger partial charge is 0.365 e. The molecule has 0 bridgehead atoms. The van der Waals surface area contributed by atoms with Crippen LogP contribution in [0.4, 0.5) is 10.1 Å². The van der Waals surface area contributed by atoms with Gasteiger partial charge in [-0.1, -0.05) is 17.7 Å². The van der Waals surface area contributed by atoms with Crippen molar-refractivity contribution in [1.82, 2.24) is 4.90 Å². The van der Waals surface area contributed by atoms with Crippen molar-refractivity contribution in [3.63, 3.8) is 0 Å². The van der Waals surface area contributed by atoms with Crippen LogP contribution in [0.3, 0.4) is 0 Å². The second-order valence-electron chi connectivity index (χ2n) is 7.49. The van der Waals surface area contributed by atoms with Gasteiger partial charge in [0, 0.05) is 31.7 Å². The highest BCUT2D eigenvalue weighted by molar-refractivity contribution is 6.33. The topological polar surface area (TPSA) is 32.5 Å². The average Bonchev–Trinajstić information content (AvgIpc) is 2.57. The van der Waals surface area contributed by atoms with Crippen molar-refractivity contribution < 1.29 is 4.39 Å². The van der Waals surface area contributed by atoms with Crippen LogP contribution in [0.5, 0.6) is 0 Å². The second-order valence-corrected chi connectivity index (χ2v) is 7.86. The maximum atomic E-state index is 13.7. The molecule has 1 aliphatic heterocycles. The van der Waals surface area contributed by atoms with Crippen LogP contribution in [0, 0.1) is 11.7 Å². The van der Waals surface area contributed by atoms with Gasteiger partial charge < -0.3 is 10.6 Å². The summed E-state index contributed by atoms with van der Waals surface area (Å²) >= 11 is 6.16. The van der Waals surface area contributed by atoms with Crippen LogP contribution in [0.2, 0.25) is 5.02 Å². The summed E-state index contributed by atoms with van der Waals surface area (Å²) < 4.78 is 13.7. The number of anilines is 1. The number of rotatable bonds is 4. The van der Waals surface area contributed by atoms with Crippen molar-refractivity contribution in [3.8, 4) is 0 Å². The molecule has 1 aromatic rings. The molecule has 2 aliphatic rings. The van der Waals surface area contributed by atoms with Crippen LogP contribution < -0.4 is 10.6 Å². The summed E-state index contributed by atoms with van der Waals surface area (Å²) in [7, 11) is 0. The predicted octanol–water partition coefficient (Wildman–Crippen LogP) is 3.90. The van der Waals surface area contributed by atoms with E-state index in [0.29, 0.717) is 12.1 Å². The highest BCUT2D eigenvalue weighted by Crippen LogP contribution is 2.31. The number of nitrogens with zero attached hydrogens (tertiary/aromatic N) is 2. The fourth-order valence-electron chi connectivity index (χ4n) is 4.15. The first-order valence-electron chi connectivity index (χ1n) is 9.23. The number of benzene rings is 1. The third-order valence-electron chi connectivity index (χ3n) is 5.70. The number of hydrogen-bond donors (Lipinski definition) is 1. The van der Waals surface area contributed by atoms with Crippen LogP contribution in [0.25, 0.3) is 0 Å². The van der Waals surface area contributed by atoms with E-state index < -0.39 is 0 Å². The Morgan fingerprint density at radius 2 is 1.96 bits per heavy atom. The minimum Gasteiger partial charge on any atom is -0.365 e. The van der Waals surface area contributed by atoms with E-state index >= 15 is 0 Å². The van der Waals surface area contributed by atoms with E-state index in [1.807, 2.05) is 6.07 Å². The Balaban J connectivity index is 1.51. The Morgan fingerprint density at radius 1 is 1.21 bits per heavy atom. The van der Waals surface area contributed by atoms with Gasteiger partial charge in [-0.05, 0) is 63.6 Å². The normalized spacial score (nSPS) is 29.0. The van der Waals surface area contributed by atoms with Crippen LogP contribution in [-0.4, -0.2) is 43.2 Å². The minimum atomic E-state index is -0.334.